The molecule has 6 nitrogen and oxygen atoms in total. The first kappa shape index (κ1) is 13.3. The van der Waals surface area contributed by atoms with E-state index in [1.54, 1.807) is 19.1 Å². The Labute approximate surface area is 111 Å². The molecule has 1 aliphatic rings. The van der Waals surface area contributed by atoms with Crippen molar-refractivity contribution < 1.29 is 9.72 Å². The zero-order chi connectivity index (χ0) is 14.0. The van der Waals surface area contributed by atoms with Crippen LogP contribution in [0.3, 0.4) is 0 Å². The number of nitrogens with zero attached hydrogens (tertiary/aromatic N) is 2. The van der Waals surface area contributed by atoms with E-state index in [1.165, 1.54) is 6.07 Å². The maximum atomic E-state index is 11.2. The van der Waals surface area contributed by atoms with Crippen LogP contribution < -0.4 is 10.6 Å². The van der Waals surface area contributed by atoms with E-state index in [-0.39, 0.29) is 22.4 Å². The molecule has 0 spiro atoms. The van der Waals surface area contributed by atoms with Crippen LogP contribution in [0.5, 0.6) is 0 Å². The van der Waals surface area contributed by atoms with E-state index in [0.717, 1.165) is 25.1 Å². The number of primary amides is 1. The molecule has 2 N–H and O–H groups in total. The Hall–Kier alpha value is -2.11. The molecule has 6 heteroatoms. The molecular formula is C13H17N3O3. The van der Waals surface area contributed by atoms with Gasteiger partial charge in [0.25, 0.3) is 5.69 Å². The monoisotopic (exact) mass is 263 g/mol. The molecule has 1 aromatic carbocycles. The van der Waals surface area contributed by atoms with Crippen LogP contribution in [-0.4, -0.2) is 23.9 Å². The van der Waals surface area contributed by atoms with Crippen molar-refractivity contribution in [2.45, 2.75) is 19.8 Å². The molecule has 1 aromatic rings. The fraction of sp³-hybridized carbons (Fsp3) is 0.462. The first-order chi connectivity index (χ1) is 8.99. The summed E-state index contributed by atoms with van der Waals surface area (Å²) in [5, 5.41) is 10.8. The maximum Gasteiger partial charge on any atom is 0.272 e. The van der Waals surface area contributed by atoms with Gasteiger partial charge in [0.15, 0.2) is 0 Å². The molecule has 0 saturated carbocycles. The van der Waals surface area contributed by atoms with Crippen LogP contribution in [-0.2, 0) is 4.79 Å². The number of carbonyl (C=O) groups excluding carboxylic acids is 1. The van der Waals surface area contributed by atoms with E-state index < -0.39 is 0 Å². The lowest BCUT2D eigenvalue weighted by atomic mass is 9.97. The topological polar surface area (TPSA) is 89.5 Å². The summed E-state index contributed by atoms with van der Waals surface area (Å²) in [6, 6.07) is 5.04. The Balaban J connectivity index is 2.20. The van der Waals surface area contributed by atoms with Gasteiger partial charge < -0.3 is 10.6 Å². The fourth-order valence-corrected chi connectivity index (χ4v) is 2.49. The minimum absolute atomic E-state index is 0.118. The van der Waals surface area contributed by atoms with Gasteiger partial charge in [0.05, 0.1) is 10.8 Å². The summed E-state index contributed by atoms with van der Waals surface area (Å²) in [6.07, 6.45) is 1.72. The molecule has 1 amide bonds. The minimum Gasteiger partial charge on any atom is -0.371 e. The van der Waals surface area contributed by atoms with E-state index >= 15 is 0 Å². The highest BCUT2D eigenvalue weighted by atomic mass is 16.6. The Bertz CT molecular complexity index is 516. The molecule has 1 aliphatic heterocycles. The van der Waals surface area contributed by atoms with Gasteiger partial charge in [-0.25, -0.2) is 0 Å². The van der Waals surface area contributed by atoms with Crippen molar-refractivity contribution in [3.05, 3.63) is 33.9 Å². The van der Waals surface area contributed by atoms with E-state index in [9.17, 15) is 14.9 Å². The predicted molar refractivity (Wildman–Crippen MR) is 72.0 cm³/mol. The number of rotatable bonds is 3. The molecule has 0 bridgehead atoms. The van der Waals surface area contributed by atoms with E-state index in [1.807, 2.05) is 0 Å². The maximum absolute atomic E-state index is 11.2. The van der Waals surface area contributed by atoms with Crippen molar-refractivity contribution in [1.82, 2.24) is 0 Å². The SMILES string of the molecule is Cc1cc(N2CCCC(C(N)=O)C2)ccc1[N+](=O)[O-]. The lowest BCUT2D eigenvalue weighted by Crippen LogP contribution is -2.41. The van der Waals surface area contributed by atoms with Gasteiger partial charge in [0.2, 0.25) is 5.91 Å². The number of amides is 1. The van der Waals surface area contributed by atoms with Crippen molar-refractivity contribution in [3.8, 4) is 0 Å². The number of nitrogens with two attached hydrogens (primary N) is 1. The first-order valence-corrected chi connectivity index (χ1v) is 6.28. The Morgan fingerprint density at radius 1 is 1.53 bits per heavy atom. The van der Waals surface area contributed by atoms with Crippen LogP contribution in [0.4, 0.5) is 11.4 Å². The van der Waals surface area contributed by atoms with Crippen molar-refractivity contribution >= 4 is 17.3 Å². The van der Waals surface area contributed by atoms with Gasteiger partial charge in [-0.05, 0) is 31.9 Å². The number of carbonyl (C=O) groups is 1. The number of piperidine rings is 1. The van der Waals surface area contributed by atoms with Gasteiger partial charge in [-0.3, -0.25) is 14.9 Å². The third-order valence-corrected chi connectivity index (χ3v) is 3.57. The average molecular weight is 263 g/mol. The van der Waals surface area contributed by atoms with Gasteiger partial charge in [-0.15, -0.1) is 0 Å². The molecular weight excluding hydrogens is 246 g/mol. The number of nitro benzene ring substituents is 1. The van der Waals surface area contributed by atoms with Gasteiger partial charge in [0, 0.05) is 30.4 Å². The molecule has 2 rings (SSSR count). The quantitative estimate of drug-likeness (QED) is 0.662. The summed E-state index contributed by atoms with van der Waals surface area (Å²) in [7, 11) is 0. The summed E-state index contributed by atoms with van der Waals surface area (Å²) in [5.41, 5.74) is 7.00. The second kappa shape index (κ2) is 5.26. The number of hydrogen-bond acceptors (Lipinski definition) is 4. The molecule has 19 heavy (non-hydrogen) atoms. The number of anilines is 1. The van der Waals surface area contributed by atoms with E-state index in [0.29, 0.717) is 12.1 Å². The highest BCUT2D eigenvalue weighted by Gasteiger charge is 2.24. The lowest BCUT2D eigenvalue weighted by Gasteiger charge is -2.33. The summed E-state index contributed by atoms with van der Waals surface area (Å²) >= 11 is 0. The molecule has 0 aromatic heterocycles. The molecule has 0 aliphatic carbocycles. The summed E-state index contributed by atoms with van der Waals surface area (Å²) in [5.74, 6) is -0.410. The third kappa shape index (κ3) is 2.83. The number of nitro groups is 1. The largest absolute Gasteiger partial charge is 0.371 e. The van der Waals surface area contributed by atoms with Gasteiger partial charge >= 0.3 is 0 Å². The van der Waals surface area contributed by atoms with Crippen molar-refractivity contribution in [2.75, 3.05) is 18.0 Å². The second-order valence-electron chi connectivity index (χ2n) is 4.92. The van der Waals surface area contributed by atoms with Crippen LogP contribution in [0, 0.1) is 23.0 Å². The van der Waals surface area contributed by atoms with Crippen LogP contribution in [0.25, 0.3) is 0 Å². The molecule has 1 fully saturated rings. The standard InChI is InChI=1S/C13H17N3O3/c1-9-7-11(4-5-12(9)16(18)19)15-6-2-3-10(8-15)13(14)17/h4-5,7,10H,2-3,6,8H2,1H3,(H2,14,17). The van der Waals surface area contributed by atoms with Crippen LogP contribution in [0.1, 0.15) is 18.4 Å². The number of aryl methyl sites for hydroxylation is 1. The average Bonchev–Trinajstić information content (AvgIpc) is 2.38. The Morgan fingerprint density at radius 2 is 2.26 bits per heavy atom. The van der Waals surface area contributed by atoms with Crippen LogP contribution in [0.15, 0.2) is 18.2 Å². The third-order valence-electron chi connectivity index (χ3n) is 3.57. The molecule has 102 valence electrons. The normalized spacial score (nSPS) is 19.2. The Kier molecular flexibility index (Phi) is 3.69. The summed E-state index contributed by atoms with van der Waals surface area (Å²) < 4.78 is 0. The molecule has 1 unspecified atom stereocenters. The van der Waals surface area contributed by atoms with Gasteiger partial charge in [-0.1, -0.05) is 0 Å². The second-order valence-corrected chi connectivity index (χ2v) is 4.92. The first-order valence-electron chi connectivity index (χ1n) is 6.28. The predicted octanol–water partition coefficient (Wildman–Crippen LogP) is 1.60. The molecule has 1 heterocycles. The smallest absolute Gasteiger partial charge is 0.272 e. The van der Waals surface area contributed by atoms with Crippen LogP contribution >= 0.6 is 0 Å². The highest BCUT2D eigenvalue weighted by Crippen LogP contribution is 2.27. The summed E-state index contributed by atoms with van der Waals surface area (Å²) in [4.78, 5) is 23.7. The molecule has 1 atom stereocenters. The van der Waals surface area contributed by atoms with Crippen molar-refractivity contribution in [1.29, 1.82) is 0 Å². The van der Waals surface area contributed by atoms with Gasteiger partial charge in [0.1, 0.15) is 0 Å². The number of hydrogen-bond donors (Lipinski definition) is 1. The minimum atomic E-state index is -0.387. The molecule has 0 radical (unpaired) electrons. The van der Waals surface area contributed by atoms with Crippen molar-refractivity contribution in [2.24, 2.45) is 11.7 Å². The zero-order valence-electron chi connectivity index (χ0n) is 10.8. The highest BCUT2D eigenvalue weighted by molar-refractivity contribution is 5.77. The Morgan fingerprint density at radius 3 is 2.84 bits per heavy atom. The lowest BCUT2D eigenvalue weighted by molar-refractivity contribution is -0.385. The molecule has 1 saturated heterocycles. The van der Waals surface area contributed by atoms with Gasteiger partial charge in [-0.2, -0.15) is 0 Å². The van der Waals surface area contributed by atoms with Crippen molar-refractivity contribution in [3.63, 3.8) is 0 Å². The number of benzene rings is 1. The zero-order valence-corrected chi connectivity index (χ0v) is 10.8. The fourth-order valence-electron chi connectivity index (χ4n) is 2.49. The van der Waals surface area contributed by atoms with E-state index in [4.69, 9.17) is 5.73 Å². The van der Waals surface area contributed by atoms with Crippen LogP contribution in [0.2, 0.25) is 0 Å². The van der Waals surface area contributed by atoms with E-state index in [2.05, 4.69) is 4.90 Å². The summed E-state index contributed by atoms with van der Waals surface area (Å²) in [6.45, 7) is 3.16.